The summed E-state index contributed by atoms with van der Waals surface area (Å²) in [5.74, 6) is 0.415. The Morgan fingerprint density at radius 1 is 1.03 bits per heavy atom. The fraction of sp³-hybridized carbons (Fsp3) is 0.227. The van der Waals surface area contributed by atoms with Crippen molar-refractivity contribution in [1.82, 2.24) is 4.68 Å². The summed E-state index contributed by atoms with van der Waals surface area (Å²) in [5, 5.41) is 17.5. The molecule has 1 N–H and O–H groups in total. The quantitative estimate of drug-likeness (QED) is 0.289. The van der Waals surface area contributed by atoms with E-state index in [2.05, 4.69) is 57.1 Å². The van der Waals surface area contributed by atoms with Crippen LogP contribution in [-0.2, 0) is 22.4 Å². The molecule has 0 amide bonds. The van der Waals surface area contributed by atoms with Crippen molar-refractivity contribution >= 4 is 44.0 Å². The van der Waals surface area contributed by atoms with Gasteiger partial charge in [0.1, 0.15) is 5.75 Å². The molecule has 0 fully saturated rings. The molecule has 3 nitrogen and oxygen atoms in total. The average Bonchev–Trinajstić information content (AvgIpc) is 3.17. The Kier molecular flexibility index (Phi) is 9.46. The van der Waals surface area contributed by atoms with Crippen LogP contribution in [0.2, 0.25) is 0 Å². The van der Waals surface area contributed by atoms with Gasteiger partial charge in [0.25, 0.3) is 0 Å². The van der Waals surface area contributed by atoms with Crippen LogP contribution in [0.5, 0.6) is 5.75 Å². The van der Waals surface area contributed by atoms with Gasteiger partial charge < -0.3 is 5.11 Å². The molecule has 29 heavy (non-hydrogen) atoms. The molecule has 1 unspecified atom stereocenters. The average molecular weight is 483 g/mol. The summed E-state index contributed by atoms with van der Waals surface area (Å²) in [6.07, 6.45) is 5.69. The molecular formula is C22H25Cl2N2OPTi. The Hall–Kier alpha value is -1.09. The number of rotatable bonds is 4. The first-order valence-electron chi connectivity index (χ1n) is 9.10. The zero-order chi connectivity index (χ0) is 21.4. The van der Waals surface area contributed by atoms with E-state index < -0.39 is 17.0 Å². The topological polar surface area (TPSA) is 37.5 Å². The Labute approximate surface area is 191 Å². The third kappa shape index (κ3) is 7.28. The Morgan fingerprint density at radius 2 is 1.66 bits per heavy atom. The van der Waals surface area contributed by atoms with Crippen LogP contribution in [-0.4, -0.2) is 16.0 Å². The Morgan fingerprint density at radius 3 is 2.28 bits per heavy atom. The number of benzene rings is 2. The number of aromatic hydroxyl groups is 1. The predicted molar refractivity (Wildman–Crippen MR) is 125 cm³/mol. The first kappa shape index (κ1) is 24.2. The van der Waals surface area contributed by atoms with Gasteiger partial charge >= 0.3 is 35.6 Å². The molecule has 0 aliphatic carbocycles. The van der Waals surface area contributed by atoms with Gasteiger partial charge in [-0.15, -0.1) is 0 Å². The first-order valence-corrected chi connectivity index (χ1v) is 14.4. The van der Waals surface area contributed by atoms with Gasteiger partial charge in [0.15, 0.2) is 0 Å². The number of aromatic nitrogens is 1. The molecule has 0 saturated heterocycles. The van der Waals surface area contributed by atoms with E-state index in [1.165, 1.54) is 10.9 Å². The van der Waals surface area contributed by atoms with Crippen molar-refractivity contribution in [3.63, 3.8) is 0 Å². The van der Waals surface area contributed by atoms with E-state index in [0.29, 0.717) is 14.3 Å². The standard InChI is InChI=1S/C22H25N2OP.2ClH.Ti/c1-16-13-18(22(2,3)4)21(25)20(14-16)26-19-10-6-5-9-17(19)15-23-24-11-7-8-12-24;;;/h5-15,25-26H,1-4H3;2*1H;/q;;;+2/p-2/b23-15+;;;. The third-order valence-electron chi connectivity index (χ3n) is 4.21. The molecule has 152 valence electrons. The molecule has 7 heteroatoms. The van der Waals surface area contributed by atoms with Gasteiger partial charge in [0.05, 0.1) is 6.21 Å². The molecule has 2 aromatic carbocycles. The minimum absolute atomic E-state index is 0.0925. The summed E-state index contributed by atoms with van der Waals surface area (Å²) in [7, 11) is 10.1. The Bertz CT molecular complexity index is 954. The molecule has 0 radical (unpaired) electrons. The van der Waals surface area contributed by atoms with Crippen molar-refractivity contribution in [1.29, 1.82) is 0 Å². The maximum absolute atomic E-state index is 10.9. The van der Waals surface area contributed by atoms with Crippen LogP contribution in [0.4, 0.5) is 0 Å². The van der Waals surface area contributed by atoms with Crippen molar-refractivity contribution in [3.8, 4) is 5.75 Å². The van der Waals surface area contributed by atoms with Gasteiger partial charge in [0.2, 0.25) is 0 Å². The molecule has 1 heterocycles. The van der Waals surface area contributed by atoms with Gasteiger partial charge in [-0.05, 0) is 41.4 Å². The number of hydrogen-bond donors (Lipinski definition) is 1. The summed E-state index contributed by atoms with van der Waals surface area (Å²) < 4.78 is 1.78. The van der Waals surface area contributed by atoms with Gasteiger partial charge in [0, 0.05) is 28.8 Å². The fourth-order valence-corrected chi connectivity index (χ4v) is 4.16. The second kappa shape index (κ2) is 11.3. The van der Waals surface area contributed by atoms with Gasteiger partial charge in [-0.3, -0.25) is 0 Å². The van der Waals surface area contributed by atoms with Crippen molar-refractivity contribution in [2.24, 2.45) is 5.10 Å². The SMILES string of the molecule is Cc1cc(Pc2ccccc2/C=N/n2cccc2)c(O)c(C(C)(C)C)c1.[Cl][Ti][Cl]. The van der Waals surface area contributed by atoms with E-state index in [9.17, 15) is 5.11 Å². The second-order valence-corrected chi connectivity index (χ2v) is 11.5. The van der Waals surface area contributed by atoms with Crippen molar-refractivity contribution in [3.05, 3.63) is 77.6 Å². The summed E-state index contributed by atoms with van der Waals surface area (Å²) in [4.78, 5) is 0. The van der Waals surface area contributed by atoms with Crippen LogP contribution in [0.25, 0.3) is 0 Å². The molecule has 0 bridgehead atoms. The second-order valence-electron chi connectivity index (χ2n) is 7.55. The summed E-state index contributed by atoms with van der Waals surface area (Å²) in [6, 6.07) is 16.3. The van der Waals surface area contributed by atoms with Crippen LogP contribution >= 0.6 is 27.2 Å². The van der Waals surface area contributed by atoms with Crippen LogP contribution in [0.1, 0.15) is 37.5 Å². The third-order valence-corrected chi connectivity index (χ3v) is 5.59. The van der Waals surface area contributed by atoms with E-state index in [4.69, 9.17) is 18.6 Å². The first-order chi connectivity index (χ1) is 13.8. The monoisotopic (exact) mass is 482 g/mol. The van der Waals surface area contributed by atoms with Crippen molar-refractivity contribution < 1.29 is 22.1 Å². The molecule has 0 aliphatic rings. The number of aryl methyl sites for hydroxylation is 1. The van der Waals surface area contributed by atoms with E-state index in [1.807, 2.05) is 42.9 Å². The summed E-state index contributed by atoms with van der Waals surface area (Å²) in [5.41, 5.74) is 3.15. The minimum atomic E-state index is -0.556. The van der Waals surface area contributed by atoms with Crippen LogP contribution in [0.15, 0.2) is 66.0 Å². The van der Waals surface area contributed by atoms with E-state index in [-0.39, 0.29) is 5.41 Å². The zero-order valence-corrected chi connectivity index (χ0v) is 21.0. The van der Waals surface area contributed by atoms with Gasteiger partial charge in [-0.25, -0.2) is 4.68 Å². The Balaban J connectivity index is 0.000000941. The molecule has 3 aromatic rings. The molecule has 0 aliphatic heterocycles. The molecular weight excluding hydrogens is 458 g/mol. The zero-order valence-electron chi connectivity index (χ0n) is 16.9. The molecule has 0 spiro atoms. The number of phenols is 1. The van der Waals surface area contributed by atoms with Gasteiger partial charge in [-0.2, -0.15) is 5.10 Å². The molecule has 1 aromatic heterocycles. The summed E-state index contributed by atoms with van der Waals surface area (Å²) in [6.45, 7) is 8.48. The van der Waals surface area contributed by atoms with Crippen molar-refractivity contribution in [2.45, 2.75) is 33.1 Å². The van der Waals surface area contributed by atoms with E-state index >= 15 is 0 Å². The molecule has 1 atom stereocenters. The van der Waals surface area contributed by atoms with E-state index in [1.54, 1.807) is 4.68 Å². The number of phenolic OH excluding ortho intramolecular Hbond substituents is 1. The van der Waals surface area contributed by atoms with Crippen molar-refractivity contribution in [2.75, 3.05) is 0 Å². The van der Waals surface area contributed by atoms with Crippen LogP contribution < -0.4 is 10.6 Å². The molecule has 3 rings (SSSR count). The fourth-order valence-electron chi connectivity index (χ4n) is 2.85. The predicted octanol–water partition coefficient (Wildman–Crippen LogP) is 5.69. The summed E-state index contributed by atoms with van der Waals surface area (Å²) >= 11 is -0.556. The van der Waals surface area contributed by atoms with Crippen LogP contribution in [0.3, 0.4) is 0 Å². The number of nitrogens with zero attached hydrogens (tertiary/aromatic N) is 2. The van der Waals surface area contributed by atoms with Crippen LogP contribution in [0, 0.1) is 6.92 Å². The maximum atomic E-state index is 10.9. The normalized spacial score (nSPS) is 11.7. The number of halogens is 2. The number of hydrogen-bond acceptors (Lipinski definition) is 2. The van der Waals surface area contributed by atoms with Gasteiger partial charge in [-0.1, -0.05) is 59.7 Å². The molecule has 0 saturated carbocycles. The van der Waals surface area contributed by atoms with E-state index in [0.717, 1.165) is 16.4 Å².